The van der Waals surface area contributed by atoms with Gasteiger partial charge in [0.15, 0.2) is 0 Å². The minimum absolute atomic E-state index is 1.12. The molecule has 0 radical (unpaired) electrons. The molecule has 0 unspecified atom stereocenters. The first-order valence-electron chi connectivity index (χ1n) is 5.65. The summed E-state index contributed by atoms with van der Waals surface area (Å²) in [6, 6.07) is 6.14. The highest BCUT2D eigenvalue weighted by Gasteiger charge is 2.21. The number of hydrogen-bond donors (Lipinski definition) is 0. The first kappa shape index (κ1) is 10.4. The summed E-state index contributed by atoms with van der Waals surface area (Å²) in [6.45, 7) is 4.72. The first-order chi connectivity index (χ1) is 7.17. The maximum atomic E-state index is 4.41. The number of quaternary nitrogens is 1. The standard InChI is InChI=1S/C12H20N3/c1-15(2)10-5-8-14(9-11-15)12-6-3-4-7-13-12/h3-4,6-7H,5,8-11H2,1-2H3/q+1. The van der Waals surface area contributed by atoms with Gasteiger partial charge in [-0.2, -0.15) is 0 Å². The normalized spacial score (nSPS) is 21.1. The summed E-state index contributed by atoms with van der Waals surface area (Å²) in [5.74, 6) is 1.12. The second-order valence-corrected chi connectivity index (χ2v) is 4.91. The molecule has 0 aliphatic carbocycles. The van der Waals surface area contributed by atoms with Gasteiger partial charge in [-0.15, -0.1) is 0 Å². The zero-order valence-corrected chi connectivity index (χ0v) is 9.69. The fourth-order valence-corrected chi connectivity index (χ4v) is 2.07. The average molecular weight is 206 g/mol. The number of likely N-dealkylation sites (N-methyl/N-ethyl adjacent to an activating group) is 1. The lowest BCUT2D eigenvalue weighted by Crippen LogP contribution is -2.42. The van der Waals surface area contributed by atoms with Crippen LogP contribution in [0.25, 0.3) is 0 Å². The molecule has 0 N–H and O–H groups in total. The Balaban J connectivity index is 2.06. The van der Waals surface area contributed by atoms with Gasteiger partial charge in [-0.25, -0.2) is 4.98 Å². The van der Waals surface area contributed by atoms with Gasteiger partial charge >= 0.3 is 0 Å². The lowest BCUT2D eigenvalue weighted by molar-refractivity contribution is -0.887. The van der Waals surface area contributed by atoms with Crippen LogP contribution in [0.3, 0.4) is 0 Å². The van der Waals surface area contributed by atoms with Crippen LogP contribution in [0.1, 0.15) is 6.42 Å². The third-order valence-corrected chi connectivity index (χ3v) is 3.14. The molecule has 1 fully saturated rings. The van der Waals surface area contributed by atoms with Crippen LogP contribution in [0.15, 0.2) is 24.4 Å². The van der Waals surface area contributed by atoms with E-state index < -0.39 is 0 Å². The summed E-state index contributed by atoms with van der Waals surface area (Å²) in [7, 11) is 4.61. The fourth-order valence-electron chi connectivity index (χ4n) is 2.07. The van der Waals surface area contributed by atoms with Crippen LogP contribution in [0.4, 0.5) is 5.82 Å². The van der Waals surface area contributed by atoms with Crippen molar-refractivity contribution in [3.8, 4) is 0 Å². The second kappa shape index (κ2) is 4.19. The summed E-state index contributed by atoms with van der Waals surface area (Å²) in [4.78, 5) is 6.81. The zero-order valence-electron chi connectivity index (χ0n) is 9.69. The number of nitrogens with zero attached hydrogens (tertiary/aromatic N) is 3. The molecular weight excluding hydrogens is 186 g/mol. The van der Waals surface area contributed by atoms with E-state index in [-0.39, 0.29) is 0 Å². The quantitative estimate of drug-likeness (QED) is 0.645. The number of rotatable bonds is 1. The van der Waals surface area contributed by atoms with Crippen molar-refractivity contribution in [1.29, 1.82) is 0 Å². The van der Waals surface area contributed by atoms with Crippen molar-refractivity contribution >= 4 is 5.82 Å². The highest BCUT2D eigenvalue weighted by molar-refractivity contribution is 5.37. The summed E-state index contributed by atoms with van der Waals surface area (Å²) in [5, 5.41) is 0. The Labute approximate surface area is 91.9 Å². The molecule has 3 nitrogen and oxygen atoms in total. The summed E-state index contributed by atoms with van der Waals surface area (Å²) in [5.41, 5.74) is 0. The Morgan fingerprint density at radius 3 is 2.80 bits per heavy atom. The Morgan fingerprint density at radius 2 is 2.07 bits per heavy atom. The van der Waals surface area contributed by atoms with E-state index in [2.05, 4.69) is 36.1 Å². The molecule has 0 bridgehead atoms. The SMILES string of the molecule is C[N+]1(C)CCCN(c2ccccn2)CC1. The maximum Gasteiger partial charge on any atom is 0.128 e. The van der Waals surface area contributed by atoms with Crippen molar-refractivity contribution in [2.75, 3.05) is 45.2 Å². The third kappa shape index (κ3) is 2.69. The molecule has 1 aliphatic rings. The van der Waals surface area contributed by atoms with Crippen LogP contribution in [0.5, 0.6) is 0 Å². The van der Waals surface area contributed by atoms with Gasteiger partial charge in [0.1, 0.15) is 5.82 Å². The number of anilines is 1. The van der Waals surface area contributed by atoms with Crippen LogP contribution in [-0.4, -0.2) is 49.7 Å². The lowest BCUT2D eigenvalue weighted by atomic mass is 10.3. The first-order valence-corrected chi connectivity index (χ1v) is 5.65. The molecule has 15 heavy (non-hydrogen) atoms. The fraction of sp³-hybridized carbons (Fsp3) is 0.583. The minimum Gasteiger partial charge on any atom is -0.351 e. The molecular formula is C12H20N3+. The molecule has 1 aliphatic heterocycles. The Kier molecular flexibility index (Phi) is 2.91. The molecule has 0 saturated carbocycles. The Bertz CT molecular complexity index is 308. The van der Waals surface area contributed by atoms with E-state index in [9.17, 15) is 0 Å². The number of pyridine rings is 1. The average Bonchev–Trinajstić information content (AvgIpc) is 2.41. The van der Waals surface area contributed by atoms with Gasteiger partial charge in [0.2, 0.25) is 0 Å². The Hall–Kier alpha value is -1.09. The van der Waals surface area contributed by atoms with E-state index in [1.807, 2.05) is 12.3 Å². The van der Waals surface area contributed by atoms with E-state index in [4.69, 9.17) is 0 Å². The van der Waals surface area contributed by atoms with Crippen molar-refractivity contribution in [2.45, 2.75) is 6.42 Å². The molecule has 0 amide bonds. The van der Waals surface area contributed by atoms with Crippen LogP contribution in [-0.2, 0) is 0 Å². The Morgan fingerprint density at radius 1 is 1.20 bits per heavy atom. The third-order valence-electron chi connectivity index (χ3n) is 3.14. The van der Waals surface area contributed by atoms with Crippen molar-refractivity contribution in [2.24, 2.45) is 0 Å². The van der Waals surface area contributed by atoms with Gasteiger partial charge in [-0.05, 0) is 12.1 Å². The molecule has 1 aromatic rings. The van der Waals surface area contributed by atoms with Crippen molar-refractivity contribution < 1.29 is 4.48 Å². The van der Waals surface area contributed by atoms with Gasteiger partial charge in [-0.3, -0.25) is 0 Å². The smallest absolute Gasteiger partial charge is 0.128 e. The zero-order chi connectivity index (χ0) is 10.7. The summed E-state index contributed by atoms with van der Waals surface area (Å²) in [6.07, 6.45) is 3.13. The highest BCUT2D eigenvalue weighted by Crippen LogP contribution is 2.14. The monoisotopic (exact) mass is 206 g/mol. The van der Waals surface area contributed by atoms with Gasteiger partial charge < -0.3 is 9.38 Å². The van der Waals surface area contributed by atoms with Gasteiger partial charge in [0, 0.05) is 19.2 Å². The minimum atomic E-state index is 1.12. The van der Waals surface area contributed by atoms with Crippen molar-refractivity contribution in [3.05, 3.63) is 24.4 Å². The van der Waals surface area contributed by atoms with Crippen molar-refractivity contribution in [3.63, 3.8) is 0 Å². The van der Waals surface area contributed by atoms with E-state index in [1.165, 1.54) is 19.5 Å². The largest absolute Gasteiger partial charge is 0.351 e. The molecule has 0 atom stereocenters. The molecule has 1 aromatic heterocycles. The van der Waals surface area contributed by atoms with Gasteiger partial charge in [-0.1, -0.05) is 6.07 Å². The van der Waals surface area contributed by atoms with Crippen LogP contribution in [0.2, 0.25) is 0 Å². The lowest BCUT2D eigenvalue weighted by Gasteiger charge is -2.28. The maximum absolute atomic E-state index is 4.41. The molecule has 2 rings (SSSR count). The summed E-state index contributed by atoms with van der Waals surface area (Å²) >= 11 is 0. The van der Waals surface area contributed by atoms with Crippen LogP contribution >= 0.6 is 0 Å². The van der Waals surface area contributed by atoms with Crippen LogP contribution < -0.4 is 4.90 Å². The number of hydrogen-bond acceptors (Lipinski definition) is 2. The molecule has 0 aromatic carbocycles. The number of aromatic nitrogens is 1. The predicted octanol–water partition coefficient (Wildman–Crippen LogP) is 1.37. The second-order valence-electron chi connectivity index (χ2n) is 4.91. The van der Waals surface area contributed by atoms with E-state index >= 15 is 0 Å². The van der Waals surface area contributed by atoms with Gasteiger partial charge in [0.05, 0.1) is 33.7 Å². The molecule has 2 heterocycles. The van der Waals surface area contributed by atoms with E-state index in [0.717, 1.165) is 23.4 Å². The molecule has 0 spiro atoms. The molecule has 1 saturated heterocycles. The van der Waals surface area contributed by atoms with Crippen LogP contribution in [0, 0.1) is 0 Å². The van der Waals surface area contributed by atoms with Gasteiger partial charge in [0.25, 0.3) is 0 Å². The predicted molar refractivity (Wildman–Crippen MR) is 62.9 cm³/mol. The van der Waals surface area contributed by atoms with E-state index in [1.54, 1.807) is 0 Å². The molecule has 3 heteroatoms. The molecule has 82 valence electrons. The highest BCUT2D eigenvalue weighted by atomic mass is 15.3. The topological polar surface area (TPSA) is 16.1 Å². The van der Waals surface area contributed by atoms with E-state index in [0.29, 0.717) is 0 Å². The summed E-state index contributed by atoms with van der Waals surface area (Å²) < 4.78 is 1.13. The van der Waals surface area contributed by atoms with Crippen molar-refractivity contribution in [1.82, 2.24) is 4.98 Å².